The molecular weight excluding hydrogens is 358 g/mol. The molecule has 4 N–H and O–H groups in total. The lowest BCUT2D eigenvalue weighted by molar-refractivity contribution is 0.101. The minimum atomic E-state index is -0.584. The lowest BCUT2D eigenvalue weighted by atomic mass is 9.86. The van der Waals surface area contributed by atoms with Gasteiger partial charge in [-0.3, -0.25) is 0 Å². The highest BCUT2D eigenvalue weighted by Gasteiger charge is 2.19. The van der Waals surface area contributed by atoms with Gasteiger partial charge < -0.3 is 25.1 Å². The van der Waals surface area contributed by atoms with Gasteiger partial charge in [-0.1, -0.05) is 20.8 Å². The number of hydrogen-bond donors (Lipinski definition) is 4. The molecule has 2 rings (SSSR count). The Labute approximate surface area is 161 Å². The quantitative estimate of drug-likeness (QED) is 0.583. The van der Waals surface area contributed by atoms with Crippen molar-refractivity contribution in [2.24, 2.45) is 0 Å². The number of benzene rings is 1. The number of halogens is 1. The molecule has 2 aromatic rings. The Hall–Kier alpha value is -1.08. The summed E-state index contributed by atoms with van der Waals surface area (Å²) in [6.45, 7) is 13.4. The zero-order valence-electron chi connectivity index (χ0n) is 15.8. The van der Waals surface area contributed by atoms with E-state index >= 15 is 0 Å². The molecule has 1 aromatic heterocycles. The van der Waals surface area contributed by atoms with E-state index in [4.69, 9.17) is 17.0 Å². The van der Waals surface area contributed by atoms with Gasteiger partial charge in [-0.15, -0.1) is 12.4 Å². The molecule has 1 aromatic carbocycles. The Morgan fingerprint density at radius 2 is 1.80 bits per heavy atom. The Morgan fingerprint density at radius 1 is 1.16 bits per heavy atom. The average molecular weight is 388 g/mol. The number of hydrogen-bond acceptors (Lipinski definition) is 4. The van der Waals surface area contributed by atoms with Crippen molar-refractivity contribution in [2.75, 3.05) is 13.2 Å². The molecular formula is C18H30ClN3O2S. The molecule has 5 nitrogen and oxygen atoms in total. The fourth-order valence-electron chi connectivity index (χ4n) is 2.33. The first-order valence-corrected chi connectivity index (χ1v) is 8.69. The topological polar surface area (TPSA) is 73.1 Å². The normalized spacial score (nSPS) is 13.6. The maximum atomic E-state index is 10.2. The van der Waals surface area contributed by atoms with Gasteiger partial charge >= 0.3 is 0 Å². The van der Waals surface area contributed by atoms with Crippen molar-refractivity contribution in [3.05, 3.63) is 22.5 Å². The Balaban J connectivity index is 0.00000312. The second-order valence-electron chi connectivity index (χ2n) is 8.32. The number of aromatic amines is 2. The van der Waals surface area contributed by atoms with Crippen LogP contribution >= 0.6 is 24.6 Å². The van der Waals surface area contributed by atoms with E-state index in [2.05, 4.69) is 62.9 Å². The average Bonchev–Trinajstić information content (AvgIpc) is 2.80. The van der Waals surface area contributed by atoms with Gasteiger partial charge in [0.15, 0.2) is 4.77 Å². The smallest absolute Gasteiger partial charge is 0.175 e. The van der Waals surface area contributed by atoms with Crippen LogP contribution in [-0.2, 0) is 5.41 Å². The number of imidazole rings is 1. The van der Waals surface area contributed by atoms with E-state index in [0.717, 1.165) is 16.6 Å². The molecule has 0 bridgehead atoms. The highest BCUT2D eigenvalue weighted by Crippen LogP contribution is 2.32. The van der Waals surface area contributed by atoms with Crippen LogP contribution < -0.4 is 10.1 Å². The van der Waals surface area contributed by atoms with Crippen molar-refractivity contribution in [3.63, 3.8) is 0 Å². The Morgan fingerprint density at radius 3 is 2.36 bits per heavy atom. The van der Waals surface area contributed by atoms with Crippen LogP contribution in [0.25, 0.3) is 11.0 Å². The predicted molar refractivity (Wildman–Crippen MR) is 109 cm³/mol. The number of nitrogens with one attached hydrogen (secondary N) is 3. The SMILES string of the molecule is CC(C)(C)NCC(O)COc1cc(C(C)(C)C)cc2[nH]c(=S)[nH]c12.Cl. The van der Waals surface area contributed by atoms with Gasteiger partial charge in [-0.2, -0.15) is 0 Å². The summed E-state index contributed by atoms with van der Waals surface area (Å²) in [5.74, 6) is 0.708. The maximum Gasteiger partial charge on any atom is 0.175 e. The van der Waals surface area contributed by atoms with E-state index in [1.54, 1.807) is 0 Å². The molecule has 142 valence electrons. The van der Waals surface area contributed by atoms with Gasteiger partial charge in [0.1, 0.15) is 24.0 Å². The third-order valence-corrected chi connectivity index (χ3v) is 3.96. The van der Waals surface area contributed by atoms with Crippen LogP contribution in [0.2, 0.25) is 0 Å². The maximum absolute atomic E-state index is 10.2. The minimum absolute atomic E-state index is 0. The van der Waals surface area contributed by atoms with E-state index in [-0.39, 0.29) is 30.0 Å². The van der Waals surface area contributed by atoms with E-state index < -0.39 is 6.10 Å². The molecule has 0 fully saturated rings. The zero-order valence-corrected chi connectivity index (χ0v) is 17.5. The summed E-state index contributed by atoms with van der Waals surface area (Å²) in [5, 5.41) is 13.4. The second kappa shape index (κ2) is 8.08. The summed E-state index contributed by atoms with van der Waals surface area (Å²) >= 11 is 5.20. The summed E-state index contributed by atoms with van der Waals surface area (Å²) < 4.78 is 6.47. The molecule has 25 heavy (non-hydrogen) atoms. The van der Waals surface area contributed by atoms with Gasteiger partial charge in [0.25, 0.3) is 0 Å². The number of aliphatic hydroxyl groups is 1. The number of ether oxygens (including phenoxy) is 1. The first-order chi connectivity index (χ1) is 11.0. The molecule has 0 saturated heterocycles. The third-order valence-electron chi connectivity index (χ3n) is 3.75. The monoisotopic (exact) mass is 387 g/mol. The van der Waals surface area contributed by atoms with E-state index in [1.165, 1.54) is 0 Å². The summed E-state index contributed by atoms with van der Waals surface area (Å²) in [5.41, 5.74) is 2.86. The van der Waals surface area contributed by atoms with Crippen LogP contribution in [0.1, 0.15) is 47.1 Å². The highest BCUT2D eigenvalue weighted by molar-refractivity contribution is 7.71. The molecule has 7 heteroatoms. The van der Waals surface area contributed by atoms with Gasteiger partial charge in [0.2, 0.25) is 0 Å². The summed E-state index contributed by atoms with van der Waals surface area (Å²) in [6.07, 6.45) is -0.584. The number of aliphatic hydroxyl groups excluding tert-OH is 1. The van der Waals surface area contributed by atoms with Gasteiger partial charge in [0.05, 0.1) is 5.52 Å². The van der Waals surface area contributed by atoms with Crippen LogP contribution in [0.4, 0.5) is 0 Å². The molecule has 0 aliphatic rings. The standard InChI is InChI=1S/C18H29N3O2S.ClH/c1-17(2,3)11-7-13-15(21-16(24)20-13)14(8-11)23-10-12(22)9-19-18(4,5)6;/h7-8,12,19,22H,9-10H2,1-6H3,(H2,20,21,24);1H. The first kappa shape index (κ1) is 22.0. The lowest BCUT2D eigenvalue weighted by Gasteiger charge is -2.23. The molecule has 1 heterocycles. The van der Waals surface area contributed by atoms with Crippen LogP contribution in [0.5, 0.6) is 5.75 Å². The van der Waals surface area contributed by atoms with Crippen molar-refractivity contribution in [2.45, 2.75) is 58.6 Å². The van der Waals surface area contributed by atoms with Crippen LogP contribution in [-0.4, -0.2) is 39.9 Å². The van der Waals surface area contributed by atoms with Crippen molar-refractivity contribution in [1.29, 1.82) is 0 Å². The second-order valence-corrected chi connectivity index (χ2v) is 8.73. The molecule has 1 unspecified atom stereocenters. The summed E-state index contributed by atoms with van der Waals surface area (Å²) in [6, 6.07) is 4.11. The number of β-amino-alcohol motifs (C(OH)–C–C–N with tert-alkyl or cyclic N) is 1. The molecule has 0 radical (unpaired) electrons. The number of H-pyrrole nitrogens is 2. The Kier molecular flexibility index (Phi) is 7.10. The number of rotatable bonds is 5. The van der Waals surface area contributed by atoms with Crippen molar-refractivity contribution in [1.82, 2.24) is 15.3 Å². The predicted octanol–water partition coefficient (Wildman–Crippen LogP) is 4.07. The fraction of sp³-hybridized carbons (Fsp3) is 0.611. The summed E-state index contributed by atoms with van der Waals surface area (Å²) in [7, 11) is 0. The molecule has 0 aliphatic carbocycles. The summed E-state index contributed by atoms with van der Waals surface area (Å²) in [4.78, 5) is 6.27. The van der Waals surface area contributed by atoms with Gasteiger partial charge in [0, 0.05) is 12.1 Å². The molecule has 0 spiro atoms. The molecule has 0 saturated carbocycles. The minimum Gasteiger partial charge on any atom is -0.489 e. The number of aromatic nitrogens is 2. The van der Waals surface area contributed by atoms with Crippen molar-refractivity contribution in [3.8, 4) is 5.75 Å². The molecule has 0 amide bonds. The zero-order chi connectivity index (χ0) is 18.1. The van der Waals surface area contributed by atoms with Crippen molar-refractivity contribution >= 4 is 35.7 Å². The third kappa shape index (κ3) is 6.29. The first-order valence-electron chi connectivity index (χ1n) is 8.28. The number of fused-ring (bicyclic) bond motifs is 1. The fourth-order valence-corrected chi connectivity index (χ4v) is 2.54. The van der Waals surface area contributed by atoms with Gasteiger partial charge in [-0.05, 0) is 56.1 Å². The van der Waals surface area contributed by atoms with E-state index in [1.807, 2.05) is 6.07 Å². The largest absolute Gasteiger partial charge is 0.489 e. The molecule has 0 aliphatic heterocycles. The highest BCUT2D eigenvalue weighted by atomic mass is 35.5. The van der Waals surface area contributed by atoms with Crippen LogP contribution in [0.15, 0.2) is 12.1 Å². The van der Waals surface area contributed by atoms with E-state index in [0.29, 0.717) is 17.1 Å². The lowest BCUT2D eigenvalue weighted by Crippen LogP contribution is -2.42. The Bertz CT molecular complexity index is 756. The van der Waals surface area contributed by atoms with Gasteiger partial charge in [-0.25, -0.2) is 0 Å². The van der Waals surface area contributed by atoms with Crippen LogP contribution in [0.3, 0.4) is 0 Å². The van der Waals surface area contributed by atoms with Crippen molar-refractivity contribution < 1.29 is 9.84 Å². The molecule has 1 atom stereocenters. The van der Waals surface area contributed by atoms with E-state index in [9.17, 15) is 5.11 Å². The van der Waals surface area contributed by atoms with Crippen LogP contribution in [0, 0.1) is 4.77 Å².